The minimum absolute atomic E-state index is 0.00944. The summed E-state index contributed by atoms with van der Waals surface area (Å²) in [5, 5.41) is 6.70. The fourth-order valence-corrected chi connectivity index (χ4v) is 3.60. The molecule has 0 unspecified atom stereocenters. The third kappa shape index (κ3) is 2.78. The summed E-state index contributed by atoms with van der Waals surface area (Å²) in [6.07, 6.45) is 0.504. The van der Waals surface area contributed by atoms with Gasteiger partial charge in [0.05, 0.1) is 11.0 Å². The molecule has 116 valence electrons. The van der Waals surface area contributed by atoms with E-state index in [9.17, 15) is 4.79 Å². The van der Waals surface area contributed by atoms with E-state index in [1.165, 1.54) is 0 Å². The molecular weight excluding hydrogens is 298 g/mol. The molecule has 0 aliphatic carbocycles. The zero-order chi connectivity index (χ0) is 15.7. The molecule has 1 amide bonds. The second kappa shape index (κ2) is 5.96. The highest BCUT2D eigenvalue weighted by atomic mass is 32.1. The number of hydrogen-bond donors (Lipinski definition) is 2. The van der Waals surface area contributed by atoms with Crippen molar-refractivity contribution in [1.29, 1.82) is 0 Å². The number of anilines is 2. The van der Waals surface area contributed by atoms with Gasteiger partial charge in [-0.05, 0) is 19.9 Å². The number of carbonyl (C=O) groups excluding carboxylic acids is 1. The standard InChI is InChI=1S/C16H19N3O2S/c1-9(2)21-12-7-5-4-6-10(12)11-8-13(20)18-15-14(11)22-16(17-3)19-15/h4-7,9,11H,8H2,1-3H3,(H,17,19)(H,18,20)/t11-/m0/s1. The van der Waals surface area contributed by atoms with Crippen molar-refractivity contribution >= 4 is 28.2 Å². The SMILES string of the molecule is CNc1nc2c(s1)[C@H](c1ccccc1OC(C)C)CC(=O)N2. The average molecular weight is 317 g/mol. The molecule has 6 heteroatoms. The summed E-state index contributed by atoms with van der Waals surface area (Å²) in [4.78, 5) is 17.5. The lowest BCUT2D eigenvalue weighted by Gasteiger charge is -2.24. The van der Waals surface area contributed by atoms with E-state index in [0.29, 0.717) is 12.2 Å². The predicted molar refractivity (Wildman–Crippen MR) is 89.0 cm³/mol. The largest absolute Gasteiger partial charge is 0.491 e. The number of nitrogens with zero attached hydrogens (tertiary/aromatic N) is 1. The molecule has 1 aliphatic rings. The minimum Gasteiger partial charge on any atom is -0.491 e. The smallest absolute Gasteiger partial charge is 0.226 e. The fraction of sp³-hybridized carbons (Fsp3) is 0.375. The normalized spacial score (nSPS) is 17.1. The first-order valence-corrected chi connectivity index (χ1v) is 8.14. The quantitative estimate of drug-likeness (QED) is 0.906. The van der Waals surface area contributed by atoms with Crippen LogP contribution in [-0.4, -0.2) is 24.0 Å². The van der Waals surface area contributed by atoms with Gasteiger partial charge in [-0.3, -0.25) is 4.79 Å². The third-order valence-corrected chi connectivity index (χ3v) is 4.67. The Morgan fingerprint density at radius 2 is 2.18 bits per heavy atom. The van der Waals surface area contributed by atoms with Crippen molar-refractivity contribution in [3.63, 3.8) is 0 Å². The van der Waals surface area contributed by atoms with Gasteiger partial charge < -0.3 is 15.4 Å². The molecule has 1 atom stereocenters. The maximum Gasteiger partial charge on any atom is 0.226 e. The first kappa shape index (κ1) is 14.8. The summed E-state index contributed by atoms with van der Waals surface area (Å²) in [7, 11) is 1.83. The van der Waals surface area contributed by atoms with Gasteiger partial charge in [0.25, 0.3) is 0 Å². The topological polar surface area (TPSA) is 63.3 Å². The van der Waals surface area contributed by atoms with Crippen molar-refractivity contribution in [3.05, 3.63) is 34.7 Å². The molecule has 1 aromatic carbocycles. The Balaban J connectivity index is 2.05. The Morgan fingerprint density at radius 3 is 2.91 bits per heavy atom. The Hall–Kier alpha value is -2.08. The van der Waals surface area contributed by atoms with Crippen molar-refractivity contribution < 1.29 is 9.53 Å². The first-order chi connectivity index (χ1) is 10.6. The molecule has 2 aromatic rings. The summed E-state index contributed by atoms with van der Waals surface area (Å²) < 4.78 is 5.92. The van der Waals surface area contributed by atoms with Crippen LogP contribution in [0.15, 0.2) is 24.3 Å². The van der Waals surface area contributed by atoms with E-state index in [0.717, 1.165) is 21.3 Å². The summed E-state index contributed by atoms with van der Waals surface area (Å²) in [6, 6.07) is 7.93. The summed E-state index contributed by atoms with van der Waals surface area (Å²) in [5.74, 6) is 1.47. The highest BCUT2D eigenvalue weighted by molar-refractivity contribution is 7.16. The zero-order valence-electron chi connectivity index (χ0n) is 12.8. The van der Waals surface area contributed by atoms with Crippen LogP contribution in [0.2, 0.25) is 0 Å². The van der Waals surface area contributed by atoms with Crippen LogP contribution < -0.4 is 15.4 Å². The molecule has 22 heavy (non-hydrogen) atoms. The van der Waals surface area contributed by atoms with Crippen LogP contribution in [0.5, 0.6) is 5.75 Å². The third-order valence-electron chi connectivity index (χ3n) is 3.49. The fourth-order valence-electron chi connectivity index (χ4n) is 2.61. The Morgan fingerprint density at radius 1 is 1.41 bits per heavy atom. The number of para-hydroxylation sites is 1. The zero-order valence-corrected chi connectivity index (χ0v) is 13.7. The number of hydrogen-bond acceptors (Lipinski definition) is 5. The second-order valence-corrected chi connectivity index (χ2v) is 6.52. The van der Waals surface area contributed by atoms with Gasteiger partial charge in [-0.1, -0.05) is 29.5 Å². The number of carbonyl (C=O) groups is 1. The van der Waals surface area contributed by atoms with Gasteiger partial charge in [0.2, 0.25) is 5.91 Å². The van der Waals surface area contributed by atoms with E-state index >= 15 is 0 Å². The lowest BCUT2D eigenvalue weighted by atomic mass is 9.91. The molecule has 0 fully saturated rings. The molecular formula is C16H19N3O2S. The maximum atomic E-state index is 12.0. The summed E-state index contributed by atoms with van der Waals surface area (Å²) >= 11 is 1.58. The second-order valence-electron chi connectivity index (χ2n) is 5.49. The number of aromatic nitrogens is 1. The highest BCUT2D eigenvalue weighted by Gasteiger charge is 2.32. The van der Waals surface area contributed by atoms with Gasteiger partial charge >= 0.3 is 0 Å². The number of ether oxygens (including phenoxy) is 1. The molecule has 0 saturated carbocycles. The van der Waals surface area contributed by atoms with Crippen LogP contribution >= 0.6 is 11.3 Å². The molecule has 5 nitrogen and oxygen atoms in total. The van der Waals surface area contributed by atoms with E-state index < -0.39 is 0 Å². The molecule has 0 bridgehead atoms. The van der Waals surface area contributed by atoms with Gasteiger partial charge in [0.15, 0.2) is 5.13 Å². The summed E-state index contributed by atoms with van der Waals surface area (Å²) in [6.45, 7) is 4.00. The van der Waals surface area contributed by atoms with E-state index in [-0.39, 0.29) is 17.9 Å². The van der Waals surface area contributed by atoms with E-state index in [1.807, 2.05) is 45.2 Å². The van der Waals surface area contributed by atoms with Gasteiger partial charge in [0, 0.05) is 24.9 Å². The van der Waals surface area contributed by atoms with Crippen LogP contribution in [0.4, 0.5) is 10.9 Å². The molecule has 2 heterocycles. The number of benzene rings is 1. The Labute approximate surface area is 133 Å². The van der Waals surface area contributed by atoms with Crippen molar-refractivity contribution in [2.75, 3.05) is 17.7 Å². The lowest BCUT2D eigenvalue weighted by molar-refractivity contribution is -0.116. The monoisotopic (exact) mass is 317 g/mol. The number of nitrogens with one attached hydrogen (secondary N) is 2. The Bertz CT molecular complexity index is 696. The van der Waals surface area contributed by atoms with Crippen molar-refractivity contribution in [2.45, 2.75) is 32.3 Å². The van der Waals surface area contributed by atoms with Crippen LogP contribution in [0.1, 0.15) is 36.6 Å². The molecule has 0 radical (unpaired) electrons. The highest BCUT2D eigenvalue weighted by Crippen LogP contribution is 2.44. The molecule has 3 rings (SSSR count). The van der Waals surface area contributed by atoms with Crippen molar-refractivity contribution in [3.8, 4) is 5.75 Å². The molecule has 1 aromatic heterocycles. The summed E-state index contributed by atoms with van der Waals surface area (Å²) in [5.41, 5.74) is 1.04. The molecule has 1 aliphatic heterocycles. The predicted octanol–water partition coefficient (Wildman–Crippen LogP) is 3.45. The van der Waals surface area contributed by atoms with Crippen LogP contribution in [0.25, 0.3) is 0 Å². The number of fused-ring (bicyclic) bond motifs is 1. The average Bonchev–Trinajstić information content (AvgIpc) is 2.89. The first-order valence-electron chi connectivity index (χ1n) is 7.32. The number of thiazole rings is 1. The van der Waals surface area contributed by atoms with Crippen LogP contribution in [0, 0.1) is 0 Å². The van der Waals surface area contributed by atoms with Crippen LogP contribution in [0.3, 0.4) is 0 Å². The van der Waals surface area contributed by atoms with Gasteiger partial charge in [-0.25, -0.2) is 4.98 Å². The maximum absolute atomic E-state index is 12.0. The van der Waals surface area contributed by atoms with E-state index in [4.69, 9.17) is 4.74 Å². The Kier molecular flexibility index (Phi) is 4.02. The molecule has 2 N–H and O–H groups in total. The van der Waals surface area contributed by atoms with Crippen molar-refractivity contribution in [1.82, 2.24) is 4.98 Å². The lowest BCUT2D eigenvalue weighted by Crippen LogP contribution is -2.23. The van der Waals surface area contributed by atoms with Crippen molar-refractivity contribution in [2.24, 2.45) is 0 Å². The van der Waals surface area contributed by atoms with Gasteiger partial charge in [-0.15, -0.1) is 0 Å². The molecule has 0 spiro atoms. The number of amides is 1. The van der Waals surface area contributed by atoms with Gasteiger partial charge in [0.1, 0.15) is 11.6 Å². The van der Waals surface area contributed by atoms with E-state index in [1.54, 1.807) is 11.3 Å². The number of rotatable bonds is 4. The molecule has 0 saturated heterocycles. The van der Waals surface area contributed by atoms with Gasteiger partial charge in [-0.2, -0.15) is 0 Å². The van der Waals surface area contributed by atoms with E-state index in [2.05, 4.69) is 15.6 Å². The minimum atomic E-state index is -0.0155. The van der Waals surface area contributed by atoms with Crippen LogP contribution in [-0.2, 0) is 4.79 Å².